The van der Waals surface area contributed by atoms with Crippen molar-refractivity contribution in [2.24, 2.45) is 7.05 Å². The van der Waals surface area contributed by atoms with Gasteiger partial charge in [0.15, 0.2) is 11.5 Å². The fourth-order valence-corrected chi connectivity index (χ4v) is 3.45. The van der Waals surface area contributed by atoms with E-state index in [-0.39, 0.29) is 36.9 Å². The van der Waals surface area contributed by atoms with Gasteiger partial charge >= 0.3 is 17.8 Å². The first kappa shape index (κ1) is 26.5. The van der Waals surface area contributed by atoms with Gasteiger partial charge in [-0.2, -0.15) is 18.4 Å². The summed E-state index contributed by atoms with van der Waals surface area (Å²) in [7, 11) is 0.781. The Hall–Kier alpha value is -4.12. The number of ether oxygens (including phenoxy) is 2. The molecule has 1 N–H and O–H groups in total. The van der Waals surface area contributed by atoms with Crippen molar-refractivity contribution >= 4 is 21.9 Å². The zero-order chi connectivity index (χ0) is 26.8. The van der Waals surface area contributed by atoms with E-state index in [0.717, 1.165) is 19.2 Å². The van der Waals surface area contributed by atoms with Gasteiger partial charge in [-0.3, -0.25) is 9.36 Å². The molecule has 0 saturated heterocycles. The fourth-order valence-electron chi connectivity index (χ4n) is 3.05. The van der Waals surface area contributed by atoms with Gasteiger partial charge in [0.1, 0.15) is 17.3 Å². The first-order chi connectivity index (χ1) is 16.8. The maximum Gasteiger partial charge on any atom is 0.431 e. The Morgan fingerprint density at radius 3 is 2.39 bits per heavy atom. The van der Waals surface area contributed by atoms with Crippen LogP contribution in [0.2, 0.25) is 0 Å². The highest BCUT2D eigenvalue weighted by Crippen LogP contribution is 2.37. The Balaban J connectivity index is 2.10. The van der Waals surface area contributed by atoms with Gasteiger partial charge in [-0.05, 0) is 34.1 Å². The van der Waals surface area contributed by atoms with E-state index >= 15 is 0 Å². The fraction of sp³-hybridized carbons (Fsp3) is 0.182. The van der Waals surface area contributed by atoms with Crippen LogP contribution in [0.25, 0.3) is 5.69 Å². The Morgan fingerprint density at radius 2 is 1.81 bits per heavy atom. The number of alkyl halides is 3. The van der Waals surface area contributed by atoms with E-state index in [4.69, 9.17) is 14.7 Å². The second-order valence-electron chi connectivity index (χ2n) is 7.13. The Morgan fingerprint density at radius 1 is 1.17 bits per heavy atom. The van der Waals surface area contributed by atoms with E-state index in [1.807, 2.05) is 0 Å². The highest BCUT2D eigenvalue weighted by Gasteiger charge is 2.35. The topological polar surface area (TPSA) is 124 Å². The average molecular weight is 572 g/mol. The van der Waals surface area contributed by atoms with Gasteiger partial charge < -0.3 is 14.6 Å². The van der Waals surface area contributed by atoms with Crippen molar-refractivity contribution in [2.45, 2.75) is 18.7 Å². The summed E-state index contributed by atoms with van der Waals surface area (Å²) in [5, 5.41) is 18.0. The molecular weight excluding hydrogens is 558 g/mol. The molecule has 36 heavy (non-hydrogen) atoms. The summed E-state index contributed by atoms with van der Waals surface area (Å²) in [5.41, 5.74) is -5.09. The highest BCUT2D eigenvalue weighted by atomic mass is 79.9. The molecule has 188 valence electrons. The Bertz CT molecular complexity index is 1490. The van der Waals surface area contributed by atoms with Crippen molar-refractivity contribution in [2.75, 3.05) is 0 Å². The van der Waals surface area contributed by atoms with E-state index in [1.54, 1.807) is 6.07 Å². The summed E-state index contributed by atoms with van der Waals surface area (Å²) >= 11 is 3.06. The molecule has 1 heterocycles. The molecule has 0 aliphatic heterocycles. The zero-order valence-electron chi connectivity index (χ0n) is 18.0. The van der Waals surface area contributed by atoms with Gasteiger partial charge in [-0.15, -0.1) is 0 Å². The van der Waals surface area contributed by atoms with Crippen LogP contribution < -0.4 is 20.7 Å². The standard InChI is InChI=1S/C22H14BrF4N3O6/c1-29-18(22(25,26)27)10-19(31)30(21(29)34)13-9-17(11(23)8-12(13)24)36-15-5-3-2-4-14(15)35-16(6-7-28)20(32)33/h2-5,8-10,16H,6H2,1H3,(H,32,33). The number of carboxylic acid groups (broad SMARTS) is 1. The number of carbonyl (C=O) groups is 1. The van der Waals surface area contributed by atoms with Crippen LogP contribution in [-0.4, -0.2) is 26.3 Å². The van der Waals surface area contributed by atoms with E-state index in [2.05, 4.69) is 15.9 Å². The predicted molar refractivity (Wildman–Crippen MR) is 119 cm³/mol. The molecule has 0 saturated carbocycles. The van der Waals surface area contributed by atoms with E-state index in [1.165, 1.54) is 24.3 Å². The lowest BCUT2D eigenvalue weighted by Gasteiger charge is -2.18. The average Bonchev–Trinajstić information content (AvgIpc) is 2.79. The third-order valence-corrected chi connectivity index (χ3v) is 5.36. The molecular formula is C22H14BrF4N3O6. The molecule has 3 rings (SSSR count). The molecule has 0 aliphatic carbocycles. The van der Waals surface area contributed by atoms with E-state index in [0.29, 0.717) is 0 Å². The van der Waals surface area contributed by atoms with Crippen LogP contribution in [-0.2, 0) is 18.0 Å². The second-order valence-corrected chi connectivity index (χ2v) is 7.99. The first-order valence-corrected chi connectivity index (χ1v) is 10.6. The molecule has 1 atom stereocenters. The number of hydrogen-bond acceptors (Lipinski definition) is 6. The van der Waals surface area contributed by atoms with E-state index < -0.39 is 53.1 Å². The van der Waals surface area contributed by atoms with Crippen LogP contribution in [0.1, 0.15) is 12.1 Å². The summed E-state index contributed by atoms with van der Waals surface area (Å²) in [6, 6.07) is 9.26. The summed E-state index contributed by atoms with van der Waals surface area (Å²) in [6.07, 6.45) is -7.00. The monoisotopic (exact) mass is 571 g/mol. The van der Waals surface area contributed by atoms with Gasteiger partial charge in [-0.1, -0.05) is 12.1 Å². The normalized spacial score (nSPS) is 12.0. The van der Waals surface area contributed by atoms with Gasteiger partial charge in [-0.25, -0.2) is 18.5 Å². The quantitative estimate of drug-likeness (QED) is 0.425. The molecule has 1 unspecified atom stereocenters. The number of nitrogens with zero attached hydrogens (tertiary/aromatic N) is 3. The van der Waals surface area contributed by atoms with Crippen LogP contribution in [0.4, 0.5) is 17.6 Å². The maximum absolute atomic E-state index is 14.8. The van der Waals surface area contributed by atoms with Crippen molar-refractivity contribution in [1.29, 1.82) is 5.26 Å². The summed E-state index contributed by atoms with van der Waals surface area (Å²) in [6.45, 7) is 0. The third kappa shape index (κ3) is 5.41. The molecule has 0 aliphatic rings. The molecule has 0 amide bonds. The minimum absolute atomic E-state index is 0.0119. The van der Waals surface area contributed by atoms with Gasteiger partial charge in [0.2, 0.25) is 6.10 Å². The number of para-hydroxylation sites is 2. The van der Waals surface area contributed by atoms with Crippen molar-refractivity contribution in [1.82, 2.24) is 9.13 Å². The number of carboxylic acids is 1. The first-order valence-electron chi connectivity index (χ1n) is 9.78. The van der Waals surface area contributed by atoms with Crippen molar-refractivity contribution in [3.8, 4) is 29.0 Å². The van der Waals surface area contributed by atoms with Crippen LogP contribution in [0, 0.1) is 17.1 Å². The molecule has 0 bridgehead atoms. The lowest BCUT2D eigenvalue weighted by Crippen LogP contribution is -2.41. The maximum atomic E-state index is 14.8. The summed E-state index contributed by atoms with van der Waals surface area (Å²) in [4.78, 5) is 36.3. The molecule has 9 nitrogen and oxygen atoms in total. The SMILES string of the molecule is Cn1c(C(F)(F)F)cc(=O)n(-c2cc(Oc3ccccc3OC(CC#N)C(=O)O)c(Br)cc2F)c1=O. The van der Waals surface area contributed by atoms with Crippen LogP contribution in [0.5, 0.6) is 17.2 Å². The smallest absolute Gasteiger partial charge is 0.431 e. The largest absolute Gasteiger partial charge is 0.478 e. The Kier molecular flexibility index (Phi) is 7.54. The number of rotatable bonds is 7. The number of aromatic nitrogens is 2. The summed E-state index contributed by atoms with van der Waals surface area (Å²) in [5.74, 6) is -2.90. The second kappa shape index (κ2) is 10.2. The summed E-state index contributed by atoms with van der Waals surface area (Å²) < 4.78 is 65.6. The molecule has 0 spiro atoms. The van der Waals surface area contributed by atoms with Gasteiger partial charge in [0.25, 0.3) is 5.56 Å². The number of nitriles is 1. The van der Waals surface area contributed by atoms with Crippen molar-refractivity contribution < 1.29 is 36.9 Å². The lowest BCUT2D eigenvalue weighted by molar-refractivity contribution is -0.145. The van der Waals surface area contributed by atoms with Gasteiger partial charge in [0.05, 0.1) is 22.7 Å². The lowest BCUT2D eigenvalue weighted by atomic mass is 10.2. The van der Waals surface area contributed by atoms with Crippen LogP contribution in [0.15, 0.2) is 56.5 Å². The molecule has 2 aromatic carbocycles. The minimum atomic E-state index is -5.00. The number of halogens is 5. The molecule has 3 aromatic rings. The number of benzene rings is 2. The Labute approximate surface area is 207 Å². The molecule has 0 radical (unpaired) electrons. The molecule has 0 fully saturated rings. The minimum Gasteiger partial charge on any atom is -0.478 e. The predicted octanol–water partition coefficient (Wildman–Crippen LogP) is 3.99. The number of aliphatic carboxylic acids is 1. The zero-order valence-corrected chi connectivity index (χ0v) is 19.6. The van der Waals surface area contributed by atoms with E-state index in [9.17, 15) is 37.1 Å². The number of hydrogen-bond donors (Lipinski definition) is 1. The van der Waals surface area contributed by atoms with Crippen LogP contribution in [0.3, 0.4) is 0 Å². The molecule has 14 heteroatoms. The van der Waals surface area contributed by atoms with Crippen molar-refractivity contribution in [3.05, 3.63) is 79.3 Å². The van der Waals surface area contributed by atoms with Crippen molar-refractivity contribution in [3.63, 3.8) is 0 Å². The third-order valence-electron chi connectivity index (χ3n) is 4.74. The van der Waals surface area contributed by atoms with Gasteiger partial charge in [0, 0.05) is 19.2 Å². The molecule has 1 aromatic heterocycles. The highest BCUT2D eigenvalue weighted by molar-refractivity contribution is 9.10. The van der Waals surface area contributed by atoms with Crippen LogP contribution >= 0.6 is 15.9 Å².